The molecule has 0 atom stereocenters. The van der Waals surface area contributed by atoms with Gasteiger partial charge < -0.3 is 20.8 Å². The number of rotatable bonds is 4. The first-order valence-electron chi connectivity index (χ1n) is 4.90. The van der Waals surface area contributed by atoms with Gasteiger partial charge in [-0.3, -0.25) is 0 Å². The first-order chi connectivity index (χ1) is 6.20. The molecule has 4 N–H and O–H groups in total. The topological polar surface area (TPSA) is 64.5 Å². The highest BCUT2D eigenvalue weighted by atomic mass is 16.3. The van der Waals surface area contributed by atoms with Crippen LogP contribution in [0.25, 0.3) is 0 Å². The summed E-state index contributed by atoms with van der Waals surface area (Å²) in [6.07, 6.45) is 2.13. The average molecular weight is 188 g/mol. The van der Waals surface area contributed by atoms with E-state index in [1.165, 1.54) is 0 Å². The second-order valence-corrected chi connectivity index (χ2v) is 4.05. The van der Waals surface area contributed by atoms with Crippen LogP contribution >= 0.6 is 0 Å². The van der Waals surface area contributed by atoms with Gasteiger partial charge in [-0.05, 0) is 32.9 Å². The summed E-state index contributed by atoms with van der Waals surface area (Å²) in [5.41, 5.74) is -0.526. The van der Waals surface area contributed by atoms with E-state index in [1.807, 2.05) is 6.92 Å². The summed E-state index contributed by atoms with van der Waals surface area (Å²) < 4.78 is 0. The minimum atomic E-state index is -0.526. The molecule has 4 heteroatoms. The van der Waals surface area contributed by atoms with Crippen LogP contribution in [0, 0.1) is 0 Å². The molecule has 1 rings (SSSR count). The predicted octanol–water partition coefficient (Wildman–Crippen LogP) is -0.929. The lowest BCUT2D eigenvalue weighted by Crippen LogP contribution is -2.55. The molecule has 0 amide bonds. The summed E-state index contributed by atoms with van der Waals surface area (Å²) >= 11 is 0. The number of nitrogens with one attached hydrogen (secondary N) is 2. The summed E-state index contributed by atoms with van der Waals surface area (Å²) in [7, 11) is 0. The molecule has 0 aromatic rings. The molecule has 78 valence electrons. The van der Waals surface area contributed by atoms with Gasteiger partial charge in [0.1, 0.15) is 0 Å². The number of piperidine rings is 1. The zero-order chi connectivity index (χ0) is 9.73. The lowest BCUT2D eigenvalue weighted by Gasteiger charge is -2.34. The maximum absolute atomic E-state index is 9.08. The van der Waals surface area contributed by atoms with E-state index in [1.54, 1.807) is 0 Å². The van der Waals surface area contributed by atoms with Crippen LogP contribution in [0.15, 0.2) is 0 Å². The highest BCUT2D eigenvalue weighted by Gasteiger charge is 2.26. The third-order valence-electron chi connectivity index (χ3n) is 2.59. The van der Waals surface area contributed by atoms with Crippen LogP contribution in [0.1, 0.15) is 19.8 Å². The van der Waals surface area contributed by atoms with Crippen LogP contribution in [-0.4, -0.2) is 48.1 Å². The molecule has 0 saturated carbocycles. The Balaban J connectivity index is 2.35. The van der Waals surface area contributed by atoms with Gasteiger partial charge in [-0.25, -0.2) is 0 Å². The third kappa shape index (κ3) is 3.23. The van der Waals surface area contributed by atoms with Crippen molar-refractivity contribution in [1.82, 2.24) is 10.6 Å². The zero-order valence-corrected chi connectivity index (χ0v) is 8.21. The Kier molecular flexibility index (Phi) is 4.12. The minimum Gasteiger partial charge on any atom is -0.394 e. The first kappa shape index (κ1) is 10.9. The molecule has 1 fully saturated rings. The van der Waals surface area contributed by atoms with Crippen molar-refractivity contribution in [3.05, 3.63) is 0 Å². The van der Waals surface area contributed by atoms with E-state index in [2.05, 4.69) is 10.6 Å². The highest BCUT2D eigenvalue weighted by molar-refractivity contribution is 4.87. The Labute approximate surface area is 79.3 Å². The molecule has 0 aromatic carbocycles. The fourth-order valence-corrected chi connectivity index (χ4v) is 1.60. The maximum atomic E-state index is 9.08. The maximum Gasteiger partial charge on any atom is 0.0633 e. The monoisotopic (exact) mass is 188 g/mol. The largest absolute Gasteiger partial charge is 0.394 e. The molecule has 13 heavy (non-hydrogen) atoms. The molecule has 1 aliphatic rings. The van der Waals surface area contributed by atoms with Crippen LogP contribution in [0.4, 0.5) is 0 Å². The summed E-state index contributed by atoms with van der Waals surface area (Å²) in [5.74, 6) is 0. The average Bonchev–Trinajstić information content (AvgIpc) is 2.19. The van der Waals surface area contributed by atoms with Gasteiger partial charge in [0.15, 0.2) is 0 Å². The van der Waals surface area contributed by atoms with E-state index in [4.69, 9.17) is 10.2 Å². The van der Waals surface area contributed by atoms with Gasteiger partial charge in [0, 0.05) is 6.04 Å². The van der Waals surface area contributed by atoms with Crippen LogP contribution in [0.2, 0.25) is 0 Å². The second-order valence-electron chi connectivity index (χ2n) is 4.05. The van der Waals surface area contributed by atoms with Crippen LogP contribution in [-0.2, 0) is 0 Å². The van der Waals surface area contributed by atoms with Gasteiger partial charge in [-0.1, -0.05) is 0 Å². The Morgan fingerprint density at radius 3 is 2.31 bits per heavy atom. The molecule has 1 heterocycles. The molecule has 1 aliphatic heterocycles. The standard InChI is InChI=1S/C9H20N2O2/c1-9(6-12,7-13)11-8-2-4-10-5-3-8/h8,10-13H,2-7H2,1H3. The summed E-state index contributed by atoms with van der Waals surface area (Å²) in [4.78, 5) is 0. The van der Waals surface area contributed by atoms with Crippen molar-refractivity contribution in [1.29, 1.82) is 0 Å². The van der Waals surface area contributed by atoms with Crippen molar-refractivity contribution in [2.45, 2.75) is 31.3 Å². The molecule has 0 spiro atoms. The minimum absolute atomic E-state index is 0.0204. The summed E-state index contributed by atoms with van der Waals surface area (Å²) in [6.45, 7) is 3.84. The Morgan fingerprint density at radius 1 is 1.31 bits per heavy atom. The van der Waals surface area contributed by atoms with Gasteiger partial charge in [0.05, 0.1) is 18.8 Å². The fourth-order valence-electron chi connectivity index (χ4n) is 1.60. The molecule has 4 nitrogen and oxygen atoms in total. The number of hydrogen-bond acceptors (Lipinski definition) is 4. The van der Waals surface area contributed by atoms with E-state index in [-0.39, 0.29) is 13.2 Å². The van der Waals surface area contributed by atoms with Crippen molar-refractivity contribution in [3.63, 3.8) is 0 Å². The Bertz CT molecular complexity index is 143. The predicted molar refractivity (Wildman–Crippen MR) is 51.6 cm³/mol. The Morgan fingerprint density at radius 2 is 1.85 bits per heavy atom. The van der Waals surface area contributed by atoms with Crippen molar-refractivity contribution in [2.75, 3.05) is 26.3 Å². The normalized spacial score (nSPS) is 20.5. The van der Waals surface area contributed by atoms with Crippen LogP contribution in [0.3, 0.4) is 0 Å². The van der Waals surface area contributed by atoms with Gasteiger partial charge in [0.25, 0.3) is 0 Å². The van der Waals surface area contributed by atoms with Gasteiger partial charge in [0.2, 0.25) is 0 Å². The van der Waals surface area contributed by atoms with E-state index in [0.717, 1.165) is 25.9 Å². The Hall–Kier alpha value is -0.160. The van der Waals surface area contributed by atoms with E-state index in [0.29, 0.717) is 6.04 Å². The van der Waals surface area contributed by atoms with E-state index in [9.17, 15) is 0 Å². The lowest BCUT2D eigenvalue weighted by molar-refractivity contribution is 0.0894. The number of hydrogen-bond donors (Lipinski definition) is 4. The van der Waals surface area contributed by atoms with Crippen molar-refractivity contribution in [3.8, 4) is 0 Å². The molecule has 0 aromatic heterocycles. The van der Waals surface area contributed by atoms with Gasteiger partial charge in [-0.15, -0.1) is 0 Å². The highest BCUT2D eigenvalue weighted by Crippen LogP contribution is 2.09. The smallest absolute Gasteiger partial charge is 0.0633 e. The van der Waals surface area contributed by atoms with Crippen molar-refractivity contribution in [2.24, 2.45) is 0 Å². The van der Waals surface area contributed by atoms with Gasteiger partial charge >= 0.3 is 0 Å². The van der Waals surface area contributed by atoms with E-state index < -0.39 is 5.54 Å². The summed E-state index contributed by atoms with van der Waals surface area (Å²) in [5, 5.41) is 24.7. The fraction of sp³-hybridized carbons (Fsp3) is 1.00. The van der Waals surface area contributed by atoms with Crippen LogP contribution in [0.5, 0.6) is 0 Å². The molecule has 1 saturated heterocycles. The van der Waals surface area contributed by atoms with Crippen molar-refractivity contribution >= 4 is 0 Å². The first-order valence-corrected chi connectivity index (χ1v) is 4.90. The van der Waals surface area contributed by atoms with E-state index >= 15 is 0 Å². The SMILES string of the molecule is CC(CO)(CO)NC1CCNCC1. The molecule has 0 radical (unpaired) electrons. The quantitative estimate of drug-likeness (QED) is 0.460. The van der Waals surface area contributed by atoms with Crippen LogP contribution < -0.4 is 10.6 Å². The zero-order valence-electron chi connectivity index (χ0n) is 8.21. The molecule has 0 aliphatic carbocycles. The number of aliphatic hydroxyl groups is 2. The lowest BCUT2D eigenvalue weighted by atomic mass is 9.99. The molecular formula is C9H20N2O2. The van der Waals surface area contributed by atoms with Gasteiger partial charge in [-0.2, -0.15) is 0 Å². The number of aliphatic hydroxyl groups excluding tert-OH is 2. The third-order valence-corrected chi connectivity index (χ3v) is 2.59. The molecular weight excluding hydrogens is 168 g/mol. The summed E-state index contributed by atoms with van der Waals surface area (Å²) in [6, 6.07) is 0.422. The molecule has 0 unspecified atom stereocenters. The molecule has 0 bridgehead atoms. The second kappa shape index (κ2) is 4.91. The van der Waals surface area contributed by atoms with Crippen molar-refractivity contribution < 1.29 is 10.2 Å².